The van der Waals surface area contributed by atoms with Gasteiger partial charge in [-0.1, -0.05) is 41.9 Å². The maximum atomic E-state index is 12.3. The Bertz CT molecular complexity index is 883. The third kappa shape index (κ3) is 5.31. The molecule has 3 aromatic rings. The molecule has 0 N–H and O–H groups in total. The van der Waals surface area contributed by atoms with Crippen LogP contribution in [0.25, 0.3) is 11.5 Å². The molecule has 0 bridgehead atoms. The van der Waals surface area contributed by atoms with E-state index in [-0.39, 0.29) is 5.91 Å². The van der Waals surface area contributed by atoms with Gasteiger partial charge in [0.25, 0.3) is 0 Å². The van der Waals surface area contributed by atoms with E-state index < -0.39 is 0 Å². The van der Waals surface area contributed by atoms with Gasteiger partial charge in [-0.3, -0.25) is 4.79 Å². The summed E-state index contributed by atoms with van der Waals surface area (Å²) >= 11 is 6.04. The zero-order valence-corrected chi connectivity index (χ0v) is 15.7. The summed E-state index contributed by atoms with van der Waals surface area (Å²) in [6.45, 7) is 0.827. The number of para-hydroxylation sites is 1. The van der Waals surface area contributed by atoms with Crippen molar-refractivity contribution in [1.29, 1.82) is 0 Å². The SMILES string of the molecule is CN(CCOc1ccccc1Cl)C(=O)CCc1nnc(-c2ccccc2)o1. The molecule has 6 nitrogen and oxygen atoms in total. The molecule has 1 amide bonds. The van der Waals surface area contributed by atoms with Crippen molar-refractivity contribution in [3.63, 3.8) is 0 Å². The highest BCUT2D eigenvalue weighted by molar-refractivity contribution is 6.32. The Morgan fingerprint density at radius 3 is 2.63 bits per heavy atom. The Kier molecular flexibility index (Phi) is 6.44. The number of nitrogens with zero attached hydrogens (tertiary/aromatic N) is 3. The maximum absolute atomic E-state index is 12.3. The summed E-state index contributed by atoms with van der Waals surface area (Å²) in [5.74, 6) is 1.50. The summed E-state index contributed by atoms with van der Waals surface area (Å²) in [5.41, 5.74) is 0.858. The number of carbonyl (C=O) groups excluding carboxylic acids is 1. The average molecular weight is 386 g/mol. The van der Waals surface area contributed by atoms with Crippen LogP contribution in [-0.4, -0.2) is 41.2 Å². The van der Waals surface area contributed by atoms with Crippen molar-refractivity contribution < 1.29 is 13.9 Å². The van der Waals surface area contributed by atoms with Crippen LogP contribution in [0, 0.1) is 0 Å². The lowest BCUT2D eigenvalue weighted by Crippen LogP contribution is -2.31. The van der Waals surface area contributed by atoms with E-state index in [4.69, 9.17) is 20.8 Å². The first-order chi connectivity index (χ1) is 13.1. The molecule has 27 heavy (non-hydrogen) atoms. The summed E-state index contributed by atoms with van der Waals surface area (Å²) in [6, 6.07) is 16.8. The number of benzene rings is 2. The van der Waals surface area contributed by atoms with Crippen molar-refractivity contribution in [3.8, 4) is 17.2 Å². The van der Waals surface area contributed by atoms with Crippen LogP contribution in [0.4, 0.5) is 0 Å². The molecule has 1 aromatic heterocycles. The van der Waals surface area contributed by atoms with Crippen LogP contribution in [0.5, 0.6) is 5.75 Å². The topological polar surface area (TPSA) is 68.5 Å². The van der Waals surface area contributed by atoms with Crippen LogP contribution in [0.15, 0.2) is 59.0 Å². The molecule has 0 aliphatic carbocycles. The first-order valence-corrected chi connectivity index (χ1v) is 9.00. The van der Waals surface area contributed by atoms with E-state index in [1.54, 1.807) is 24.1 Å². The second-order valence-corrected chi connectivity index (χ2v) is 6.37. The summed E-state index contributed by atoms with van der Waals surface area (Å²) in [6.07, 6.45) is 0.688. The van der Waals surface area contributed by atoms with E-state index in [1.807, 2.05) is 42.5 Å². The number of hydrogen-bond acceptors (Lipinski definition) is 5. The van der Waals surface area contributed by atoms with Gasteiger partial charge in [0, 0.05) is 25.5 Å². The minimum Gasteiger partial charge on any atom is -0.490 e. The Hall–Kier alpha value is -2.86. The van der Waals surface area contributed by atoms with Crippen molar-refractivity contribution in [3.05, 3.63) is 65.5 Å². The lowest BCUT2D eigenvalue weighted by Gasteiger charge is -2.17. The molecule has 0 aliphatic heterocycles. The van der Waals surface area contributed by atoms with Gasteiger partial charge in [-0.05, 0) is 24.3 Å². The highest BCUT2D eigenvalue weighted by Crippen LogP contribution is 2.23. The summed E-state index contributed by atoms with van der Waals surface area (Å²) in [4.78, 5) is 13.9. The van der Waals surface area contributed by atoms with Crippen LogP contribution in [-0.2, 0) is 11.2 Å². The van der Waals surface area contributed by atoms with Crippen molar-refractivity contribution in [2.24, 2.45) is 0 Å². The molecular formula is C20H20ClN3O3. The lowest BCUT2D eigenvalue weighted by atomic mass is 10.2. The monoisotopic (exact) mass is 385 g/mol. The van der Waals surface area contributed by atoms with Gasteiger partial charge < -0.3 is 14.1 Å². The molecule has 1 heterocycles. The summed E-state index contributed by atoms with van der Waals surface area (Å²) in [7, 11) is 1.74. The summed E-state index contributed by atoms with van der Waals surface area (Å²) in [5, 5.41) is 8.59. The standard InChI is InChI=1S/C20H20ClN3O3/c1-24(13-14-26-17-10-6-5-9-16(17)21)19(25)12-11-18-22-23-20(27-18)15-7-3-2-4-8-15/h2-10H,11-14H2,1H3. The van der Waals surface area contributed by atoms with E-state index in [1.165, 1.54) is 0 Å². The van der Waals surface area contributed by atoms with Gasteiger partial charge in [-0.2, -0.15) is 0 Å². The predicted octanol–water partition coefficient (Wildman–Crippen LogP) is 3.86. The lowest BCUT2D eigenvalue weighted by molar-refractivity contribution is -0.130. The maximum Gasteiger partial charge on any atom is 0.247 e. The fourth-order valence-electron chi connectivity index (χ4n) is 2.44. The molecule has 2 aromatic carbocycles. The molecule has 0 saturated carbocycles. The van der Waals surface area contributed by atoms with Gasteiger partial charge >= 0.3 is 0 Å². The number of ether oxygens (including phenoxy) is 1. The molecule has 0 saturated heterocycles. The normalized spacial score (nSPS) is 10.6. The van der Waals surface area contributed by atoms with Crippen LogP contribution in [0.3, 0.4) is 0 Å². The van der Waals surface area contributed by atoms with Gasteiger partial charge in [-0.15, -0.1) is 10.2 Å². The van der Waals surface area contributed by atoms with Gasteiger partial charge in [0.2, 0.25) is 17.7 Å². The van der Waals surface area contributed by atoms with Crippen molar-refractivity contribution in [1.82, 2.24) is 15.1 Å². The Labute approximate surface area is 162 Å². The van der Waals surface area contributed by atoms with Crippen molar-refractivity contribution in [2.75, 3.05) is 20.2 Å². The Morgan fingerprint density at radius 2 is 1.85 bits per heavy atom. The van der Waals surface area contributed by atoms with Crippen LogP contribution < -0.4 is 4.74 Å². The Morgan fingerprint density at radius 1 is 1.11 bits per heavy atom. The molecule has 0 spiro atoms. The highest BCUT2D eigenvalue weighted by Gasteiger charge is 2.13. The molecule has 140 valence electrons. The van der Waals surface area contributed by atoms with Gasteiger partial charge in [0.15, 0.2) is 0 Å². The minimum atomic E-state index is -0.0165. The van der Waals surface area contributed by atoms with Crippen LogP contribution in [0.1, 0.15) is 12.3 Å². The molecule has 7 heteroatoms. The van der Waals surface area contributed by atoms with E-state index in [2.05, 4.69) is 10.2 Å². The first kappa shape index (κ1) is 18.9. The average Bonchev–Trinajstić information content (AvgIpc) is 3.17. The minimum absolute atomic E-state index is 0.0165. The number of likely N-dealkylation sites (N-methyl/N-ethyl adjacent to an activating group) is 1. The van der Waals surface area contributed by atoms with E-state index in [9.17, 15) is 4.79 Å². The van der Waals surface area contributed by atoms with Crippen LogP contribution in [0.2, 0.25) is 5.02 Å². The molecule has 0 aliphatic rings. The molecular weight excluding hydrogens is 366 g/mol. The van der Waals surface area contributed by atoms with E-state index >= 15 is 0 Å². The fraction of sp³-hybridized carbons (Fsp3) is 0.250. The third-order valence-electron chi connectivity index (χ3n) is 3.99. The van der Waals surface area contributed by atoms with E-state index in [0.29, 0.717) is 48.5 Å². The van der Waals surface area contributed by atoms with Gasteiger partial charge in [0.05, 0.1) is 11.6 Å². The molecule has 0 fully saturated rings. The number of aromatic nitrogens is 2. The second-order valence-electron chi connectivity index (χ2n) is 5.96. The molecule has 0 atom stereocenters. The number of halogens is 1. The Balaban J connectivity index is 1.43. The fourth-order valence-corrected chi connectivity index (χ4v) is 2.63. The molecule has 0 radical (unpaired) electrons. The third-order valence-corrected chi connectivity index (χ3v) is 4.30. The predicted molar refractivity (Wildman–Crippen MR) is 103 cm³/mol. The van der Waals surface area contributed by atoms with Crippen LogP contribution >= 0.6 is 11.6 Å². The van der Waals surface area contributed by atoms with Gasteiger partial charge in [0.1, 0.15) is 12.4 Å². The zero-order chi connectivity index (χ0) is 19.1. The highest BCUT2D eigenvalue weighted by atomic mass is 35.5. The second kappa shape index (κ2) is 9.19. The smallest absolute Gasteiger partial charge is 0.247 e. The van der Waals surface area contributed by atoms with Crippen molar-refractivity contribution >= 4 is 17.5 Å². The number of carbonyl (C=O) groups is 1. The quantitative estimate of drug-likeness (QED) is 0.589. The number of rotatable bonds is 8. The first-order valence-electron chi connectivity index (χ1n) is 8.62. The number of aryl methyl sites for hydroxylation is 1. The number of hydrogen-bond donors (Lipinski definition) is 0. The summed E-state index contributed by atoms with van der Waals surface area (Å²) < 4.78 is 11.2. The molecule has 0 unspecified atom stereocenters. The van der Waals surface area contributed by atoms with E-state index in [0.717, 1.165) is 5.56 Å². The number of amides is 1. The molecule has 3 rings (SSSR count). The zero-order valence-electron chi connectivity index (χ0n) is 15.0. The van der Waals surface area contributed by atoms with Crippen molar-refractivity contribution in [2.45, 2.75) is 12.8 Å². The van der Waals surface area contributed by atoms with Gasteiger partial charge in [-0.25, -0.2) is 0 Å². The largest absolute Gasteiger partial charge is 0.490 e.